The third-order valence-corrected chi connectivity index (χ3v) is 14.3. The Labute approximate surface area is 245 Å². The quantitative estimate of drug-likeness (QED) is 0.469. The number of rotatable bonds is 3. The largest absolute Gasteiger partial charge is 0.381 e. The summed E-state index contributed by atoms with van der Waals surface area (Å²) in [6.45, 7) is 14.1. The zero-order chi connectivity index (χ0) is 30.7. The lowest BCUT2D eigenvalue weighted by Crippen LogP contribution is -2.74. The number of sulfonamides is 1. The Kier molecular flexibility index (Phi) is 6.37. The van der Waals surface area contributed by atoms with Crippen molar-refractivity contribution >= 4 is 21.6 Å². The molecule has 3 saturated carbocycles. The molecule has 41 heavy (non-hydrogen) atoms. The van der Waals surface area contributed by atoms with Crippen LogP contribution in [0.2, 0.25) is 0 Å². The number of nitriles is 1. The Morgan fingerprint density at radius 1 is 1.02 bits per heavy atom. The molecule has 7 nitrogen and oxygen atoms in total. The number of carbonyl (C=O) groups excluding carboxylic acids is 2. The lowest BCUT2D eigenvalue weighted by Gasteiger charge is -2.71. The van der Waals surface area contributed by atoms with Gasteiger partial charge in [-0.05, 0) is 80.3 Å². The number of hydrogen-bond acceptors (Lipinski definition) is 6. The van der Waals surface area contributed by atoms with E-state index < -0.39 is 54.5 Å². The molecule has 0 unspecified atom stereocenters. The number of hydrogen-bond donors (Lipinski definition) is 2. The number of allylic oxidation sites excluding steroid dienone is 3. The van der Waals surface area contributed by atoms with Crippen molar-refractivity contribution in [3.8, 4) is 18.4 Å². The van der Waals surface area contributed by atoms with Crippen LogP contribution in [0.1, 0.15) is 93.4 Å². The Bertz CT molecular complexity index is 1500. The van der Waals surface area contributed by atoms with E-state index in [0.717, 1.165) is 18.4 Å². The lowest BCUT2D eigenvalue weighted by atomic mass is 9.33. The van der Waals surface area contributed by atoms with Crippen LogP contribution in [-0.2, 0) is 19.6 Å². The van der Waals surface area contributed by atoms with Crippen LogP contribution in [0.5, 0.6) is 0 Å². The molecule has 0 spiro atoms. The highest BCUT2D eigenvalue weighted by Crippen LogP contribution is 2.75. The van der Waals surface area contributed by atoms with Crippen molar-refractivity contribution in [1.82, 2.24) is 4.72 Å². The first-order chi connectivity index (χ1) is 18.7. The first-order valence-electron chi connectivity index (χ1n) is 14.8. The number of carbonyl (C=O) groups is 2. The highest BCUT2D eigenvalue weighted by Gasteiger charge is 2.75. The summed E-state index contributed by atoms with van der Waals surface area (Å²) in [5.41, 5.74) is -4.71. The van der Waals surface area contributed by atoms with E-state index in [0.29, 0.717) is 32.1 Å². The SMILES string of the molecule is C#CCS(=O)(=O)N[C@@]1(C)CC[C@]2(C)CC[C@@]3(C)[C@]4(C)CC[C@H]5C(C)(C)C(=O)C(C#N)=C[C@]5(C)C4=CC(=O)[C@]3(O)[C@@H]2C1. The predicted molar refractivity (Wildman–Crippen MR) is 156 cm³/mol. The maximum atomic E-state index is 14.5. The van der Waals surface area contributed by atoms with Crippen molar-refractivity contribution in [2.45, 2.75) is 105 Å². The zero-order valence-corrected chi connectivity index (χ0v) is 26.3. The minimum absolute atomic E-state index is 0.0843. The molecule has 0 saturated heterocycles. The molecule has 0 heterocycles. The highest BCUT2D eigenvalue weighted by atomic mass is 32.2. The molecule has 222 valence electrons. The van der Waals surface area contributed by atoms with Crippen LogP contribution in [0.3, 0.4) is 0 Å². The van der Waals surface area contributed by atoms with Crippen LogP contribution in [0.25, 0.3) is 0 Å². The summed E-state index contributed by atoms with van der Waals surface area (Å²) in [7, 11) is -3.73. The molecule has 0 aliphatic heterocycles. The second kappa shape index (κ2) is 8.65. The Balaban J connectivity index is 1.66. The third-order valence-electron chi connectivity index (χ3n) is 12.9. The van der Waals surface area contributed by atoms with Crippen molar-refractivity contribution in [2.24, 2.45) is 38.9 Å². The maximum Gasteiger partial charge on any atom is 0.223 e. The van der Waals surface area contributed by atoms with Gasteiger partial charge in [0, 0.05) is 27.7 Å². The third kappa shape index (κ3) is 3.73. The minimum atomic E-state index is -3.73. The van der Waals surface area contributed by atoms with Crippen LogP contribution in [0.4, 0.5) is 0 Å². The number of nitrogens with one attached hydrogen (secondary N) is 1. The van der Waals surface area contributed by atoms with E-state index in [-0.39, 0.29) is 28.5 Å². The van der Waals surface area contributed by atoms with Gasteiger partial charge in [-0.25, -0.2) is 13.1 Å². The maximum absolute atomic E-state index is 14.5. The van der Waals surface area contributed by atoms with Gasteiger partial charge in [0.15, 0.2) is 11.6 Å². The lowest BCUT2D eigenvalue weighted by molar-refractivity contribution is -0.239. The van der Waals surface area contributed by atoms with Crippen LogP contribution < -0.4 is 4.72 Å². The van der Waals surface area contributed by atoms with Crippen molar-refractivity contribution in [3.05, 3.63) is 23.3 Å². The molecule has 2 N–H and O–H groups in total. The fraction of sp³-hybridized carbons (Fsp3) is 0.727. The van der Waals surface area contributed by atoms with E-state index in [1.165, 1.54) is 0 Å². The monoisotopic (exact) mass is 580 g/mol. The summed E-state index contributed by atoms with van der Waals surface area (Å²) in [4.78, 5) is 27.7. The number of aliphatic hydroxyl groups is 1. The van der Waals surface area contributed by atoms with Gasteiger partial charge in [-0.15, -0.1) is 6.42 Å². The molecule has 8 atom stereocenters. The smallest absolute Gasteiger partial charge is 0.223 e. The topological polar surface area (TPSA) is 124 Å². The predicted octanol–water partition coefficient (Wildman–Crippen LogP) is 4.63. The van der Waals surface area contributed by atoms with Crippen molar-refractivity contribution in [2.75, 3.05) is 5.75 Å². The van der Waals surface area contributed by atoms with Gasteiger partial charge in [0.25, 0.3) is 0 Å². The fourth-order valence-corrected chi connectivity index (χ4v) is 11.6. The first kappa shape index (κ1) is 30.2. The van der Waals surface area contributed by atoms with Gasteiger partial charge in [-0.1, -0.05) is 53.5 Å². The minimum Gasteiger partial charge on any atom is -0.381 e. The van der Waals surface area contributed by atoms with Crippen LogP contribution in [0, 0.1) is 62.6 Å². The molecule has 5 aliphatic rings. The average molecular weight is 581 g/mol. The first-order valence-corrected chi connectivity index (χ1v) is 16.5. The standard InChI is InChI=1S/C33H44N2O5S/c1-9-16-41(39,40)35-29(5)14-12-28(4)13-15-32(8)31(7)11-10-22-27(2,3)26(37)21(20-34)18-30(22,6)23(31)17-25(36)33(32,38)24(28)19-29/h1,17-18,22,24,35,38H,10-16,19H2,2-8H3/t22-,24+,28+,29-,30-,31+,32-,33+/m0/s1. The molecule has 0 amide bonds. The molecule has 0 radical (unpaired) electrons. The van der Waals surface area contributed by atoms with E-state index in [9.17, 15) is 28.4 Å². The highest BCUT2D eigenvalue weighted by molar-refractivity contribution is 7.89. The molecular formula is C33H44N2O5S. The number of fused-ring (bicyclic) bond motifs is 7. The van der Waals surface area contributed by atoms with Gasteiger partial charge < -0.3 is 5.11 Å². The van der Waals surface area contributed by atoms with Gasteiger partial charge in [0.1, 0.15) is 17.4 Å². The number of terminal acetylenes is 1. The summed E-state index contributed by atoms with van der Waals surface area (Å²) in [6.07, 6.45) is 13.2. The van der Waals surface area contributed by atoms with Gasteiger partial charge in [-0.2, -0.15) is 5.26 Å². The van der Waals surface area contributed by atoms with Crippen LogP contribution >= 0.6 is 0 Å². The van der Waals surface area contributed by atoms with Gasteiger partial charge >= 0.3 is 0 Å². The van der Waals surface area contributed by atoms with Gasteiger partial charge in [0.2, 0.25) is 10.0 Å². The number of Topliss-reactive ketones (excluding diaryl/α,β-unsaturated/α-hetero) is 1. The summed E-state index contributed by atoms with van der Waals surface area (Å²) in [6, 6.07) is 2.12. The summed E-state index contributed by atoms with van der Waals surface area (Å²) < 4.78 is 28.3. The molecule has 0 aromatic heterocycles. The molecule has 3 fully saturated rings. The van der Waals surface area contributed by atoms with E-state index >= 15 is 0 Å². The average Bonchev–Trinajstić information content (AvgIpc) is 2.86. The Hall–Kier alpha value is -2.26. The molecule has 0 bridgehead atoms. The molecule has 5 aliphatic carbocycles. The van der Waals surface area contributed by atoms with Crippen LogP contribution in [-0.4, -0.2) is 42.0 Å². The second-order valence-corrected chi connectivity index (χ2v) is 17.2. The Morgan fingerprint density at radius 3 is 2.27 bits per heavy atom. The van der Waals surface area contributed by atoms with E-state index in [4.69, 9.17) is 6.42 Å². The van der Waals surface area contributed by atoms with Gasteiger partial charge in [-0.3, -0.25) is 9.59 Å². The number of nitrogens with zero attached hydrogens (tertiary/aromatic N) is 1. The molecule has 0 aromatic carbocycles. The van der Waals surface area contributed by atoms with E-state index in [1.807, 2.05) is 27.7 Å². The van der Waals surface area contributed by atoms with Gasteiger partial charge in [0.05, 0.1) is 5.57 Å². The van der Waals surface area contributed by atoms with Crippen molar-refractivity contribution < 1.29 is 23.1 Å². The van der Waals surface area contributed by atoms with E-state index in [2.05, 4.69) is 37.5 Å². The summed E-state index contributed by atoms with van der Waals surface area (Å²) in [5.74, 6) is 0.738. The summed E-state index contributed by atoms with van der Waals surface area (Å²) >= 11 is 0. The molecule has 5 rings (SSSR count). The normalized spacial score (nSPS) is 46.9. The second-order valence-electron chi connectivity index (χ2n) is 15.5. The molecule has 0 aromatic rings. The number of ketones is 2. The summed E-state index contributed by atoms with van der Waals surface area (Å²) in [5, 5.41) is 22.8. The fourth-order valence-electron chi connectivity index (χ4n) is 10.4. The van der Waals surface area contributed by atoms with Crippen molar-refractivity contribution in [1.29, 1.82) is 5.26 Å². The molecular weight excluding hydrogens is 536 g/mol. The molecule has 8 heteroatoms. The zero-order valence-electron chi connectivity index (χ0n) is 25.5. The van der Waals surface area contributed by atoms with Crippen LogP contribution in [0.15, 0.2) is 23.3 Å². The van der Waals surface area contributed by atoms with Crippen molar-refractivity contribution in [3.63, 3.8) is 0 Å². The van der Waals surface area contributed by atoms with E-state index in [1.54, 1.807) is 12.2 Å². The Morgan fingerprint density at radius 2 is 1.66 bits per heavy atom.